The zero-order valence-electron chi connectivity index (χ0n) is 22.1. The second-order valence-corrected chi connectivity index (χ2v) is 14.3. The molecule has 0 spiro atoms. The lowest BCUT2D eigenvalue weighted by atomic mass is 9.44. The molecule has 0 aromatic carbocycles. The smallest absolute Gasteiger partial charge is 0.0233 e. The molecule has 0 radical (unpaired) electrons. The third kappa shape index (κ3) is 4.50. The topological polar surface area (TPSA) is 0 Å². The van der Waals surface area contributed by atoms with Crippen LogP contribution in [-0.4, -0.2) is 0 Å². The first-order valence-electron chi connectivity index (χ1n) is 16.4. The van der Waals surface area contributed by atoms with Gasteiger partial charge in [-0.3, -0.25) is 0 Å². The third-order valence-corrected chi connectivity index (χ3v) is 13.0. The van der Waals surface area contributed by atoms with Crippen molar-refractivity contribution in [2.24, 2.45) is 52.8 Å². The zero-order chi connectivity index (χ0) is 22.1. The molecule has 6 fully saturated rings. The summed E-state index contributed by atoms with van der Waals surface area (Å²) in [7, 11) is 0. The Morgan fingerprint density at radius 2 is 0.848 bits per heavy atom. The van der Waals surface area contributed by atoms with Crippen LogP contribution in [0, 0.1) is 52.8 Å². The second-order valence-electron chi connectivity index (χ2n) is 14.3. The molecule has 0 saturated heterocycles. The quantitative estimate of drug-likeness (QED) is 0.371. The lowest BCUT2D eigenvalue weighted by molar-refractivity contribution is -0.117. The van der Waals surface area contributed by atoms with Crippen LogP contribution >= 0.6 is 0 Å². The minimum Gasteiger partial charge on any atom is -0.0533 e. The van der Waals surface area contributed by atoms with E-state index in [0.29, 0.717) is 0 Å². The highest BCUT2D eigenvalue weighted by atomic mass is 14.6. The fourth-order valence-electron chi connectivity index (χ4n) is 11.9. The predicted octanol–water partition coefficient (Wildman–Crippen LogP) is 10.3. The lowest BCUT2D eigenvalue weighted by Crippen LogP contribution is -2.53. The van der Waals surface area contributed by atoms with Gasteiger partial charge in [-0.25, -0.2) is 0 Å². The van der Waals surface area contributed by atoms with E-state index in [2.05, 4.69) is 0 Å². The Morgan fingerprint density at radius 3 is 1.64 bits per heavy atom. The van der Waals surface area contributed by atoms with E-state index in [1.165, 1.54) is 0 Å². The summed E-state index contributed by atoms with van der Waals surface area (Å²) in [6.45, 7) is 0. The van der Waals surface area contributed by atoms with Gasteiger partial charge in [0.2, 0.25) is 0 Å². The first-order valence-corrected chi connectivity index (χ1v) is 16.4. The monoisotopic (exact) mass is 452 g/mol. The van der Waals surface area contributed by atoms with Crippen LogP contribution in [0.15, 0.2) is 0 Å². The standard InChI is InChI=1S/C33H56/c1-2-7-19-29-26(15-5-1)24-27-16-10-11-20-30(27)32(29)33-22-12-4-9-21-31(33)28-18-8-3-6-14-25(28)17-13-23-33/h25-32H,1-24H2. The summed E-state index contributed by atoms with van der Waals surface area (Å²) in [6, 6.07) is 0. The van der Waals surface area contributed by atoms with E-state index in [1.54, 1.807) is 154 Å². The number of rotatable bonds is 1. The normalized spacial score (nSPS) is 49.5. The summed E-state index contributed by atoms with van der Waals surface area (Å²) in [5.74, 6) is 8.94. The molecule has 188 valence electrons. The van der Waals surface area contributed by atoms with Crippen molar-refractivity contribution < 1.29 is 0 Å². The Balaban J connectivity index is 1.42. The van der Waals surface area contributed by atoms with E-state index in [1.807, 2.05) is 0 Å². The molecule has 9 atom stereocenters. The highest BCUT2D eigenvalue weighted by molar-refractivity contribution is 5.07. The Bertz CT molecular complexity index is 622. The van der Waals surface area contributed by atoms with Crippen molar-refractivity contribution in [1.82, 2.24) is 0 Å². The van der Waals surface area contributed by atoms with E-state index >= 15 is 0 Å². The molecule has 6 rings (SSSR count). The van der Waals surface area contributed by atoms with Gasteiger partial charge in [0.1, 0.15) is 0 Å². The molecule has 0 N–H and O–H groups in total. The molecule has 9 unspecified atom stereocenters. The van der Waals surface area contributed by atoms with Gasteiger partial charge in [0.25, 0.3) is 0 Å². The van der Waals surface area contributed by atoms with Crippen molar-refractivity contribution in [3.63, 3.8) is 0 Å². The molecule has 0 heteroatoms. The maximum absolute atomic E-state index is 1.65. The van der Waals surface area contributed by atoms with Gasteiger partial charge in [0.05, 0.1) is 0 Å². The first kappa shape index (κ1) is 23.4. The van der Waals surface area contributed by atoms with Gasteiger partial charge in [-0.1, -0.05) is 109 Å². The summed E-state index contributed by atoms with van der Waals surface area (Å²) in [5.41, 5.74) is 0.753. The molecule has 0 bridgehead atoms. The van der Waals surface area contributed by atoms with Crippen molar-refractivity contribution >= 4 is 0 Å². The maximum atomic E-state index is 1.65. The van der Waals surface area contributed by atoms with Crippen molar-refractivity contribution in [2.75, 3.05) is 0 Å². The SMILES string of the molecule is C1CCCC2C(CC1)CC1CCCCC1C2C12CCCCCC1C1CCCCCC1CCC2. The van der Waals surface area contributed by atoms with Crippen LogP contribution in [0.3, 0.4) is 0 Å². The molecule has 33 heavy (non-hydrogen) atoms. The largest absolute Gasteiger partial charge is 0.0533 e. The Hall–Kier alpha value is 0. The Morgan fingerprint density at radius 1 is 0.364 bits per heavy atom. The summed E-state index contributed by atoms with van der Waals surface area (Å²) < 4.78 is 0. The fourth-order valence-corrected chi connectivity index (χ4v) is 11.9. The molecule has 0 nitrogen and oxygen atoms in total. The van der Waals surface area contributed by atoms with E-state index in [-0.39, 0.29) is 0 Å². The van der Waals surface area contributed by atoms with Crippen LogP contribution in [0.5, 0.6) is 0 Å². The van der Waals surface area contributed by atoms with Gasteiger partial charge >= 0.3 is 0 Å². The van der Waals surface area contributed by atoms with Gasteiger partial charge in [0, 0.05) is 0 Å². The first-order chi connectivity index (χ1) is 16.4. The average Bonchev–Trinajstić information content (AvgIpc) is 3.22. The van der Waals surface area contributed by atoms with Crippen LogP contribution in [0.4, 0.5) is 0 Å². The zero-order valence-corrected chi connectivity index (χ0v) is 22.1. The van der Waals surface area contributed by atoms with E-state index < -0.39 is 0 Å². The summed E-state index contributed by atoms with van der Waals surface area (Å²) in [6.07, 6.45) is 38.2. The molecule has 6 aliphatic rings. The second kappa shape index (κ2) is 10.5. The summed E-state index contributed by atoms with van der Waals surface area (Å²) in [4.78, 5) is 0. The number of fused-ring (bicyclic) bond motifs is 5. The van der Waals surface area contributed by atoms with E-state index in [4.69, 9.17) is 0 Å². The fraction of sp³-hybridized carbons (Fsp3) is 1.00. The Labute approximate surface area is 206 Å². The summed E-state index contributed by atoms with van der Waals surface area (Å²) in [5, 5.41) is 0. The minimum atomic E-state index is 0.753. The van der Waals surface area contributed by atoms with Crippen molar-refractivity contribution in [3.8, 4) is 0 Å². The molecule has 0 aliphatic heterocycles. The van der Waals surface area contributed by atoms with Crippen LogP contribution in [-0.2, 0) is 0 Å². The molecular weight excluding hydrogens is 396 g/mol. The van der Waals surface area contributed by atoms with Gasteiger partial charge < -0.3 is 0 Å². The van der Waals surface area contributed by atoms with Crippen LogP contribution in [0.25, 0.3) is 0 Å². The minimum absolute atomic E-state index is 0.753. The van der Waals surface area contributed by atoms with Crippen LogP contribution in [0.1, 0.15) is 154 Å². The van der Waals surface area contributed by atoms with Crippen molar-refractivity contribution in [1.29, 1.82) is 0 Å². The van der Waals surface area contributed by atoms with Crippen LogP contribution < -0.4 is 0 Å². The van der Waals surface area contributed by atoms with Gasteiger partial charge in [0.15, 0.2) is 0 Å². The Kier molecular flexibility index (Phi) is 7.48. The molecule has 0 heterocycles. The van der Waals surface area contributed by atoms with Gasteiger partial charge in [-0.05, 0) is 97.7 Å². The molecular formula is C33H56. The number of hydrogen-bond donors (Lipinski definition) is 0. The summed E-state index contributed by atoms with van der Waals surface area (Å²) >= 11 is 0. The highest BCUT2D eigenvalue weighted by Crippen LogP contribution is 2.66. The molecule has 6 aliphatic carbocycles. The molecule has 0 aromatic heterocycles. The molecule has 0 aromatic rings. The van der Waals surface area contributed by atoms with Gasteiger partial charge in [-0.2, -0.15) is 0 Å². The third-order valence-electron chi connectivity index (χ3n) is 13.0. The average molecular weight is 453 g/mol. The molecule has 6 saturated carbocycles. The number of hydrogen-bond acceptors (Lipinski definition) is 0. The van der Waals surface area contributed by atoms with Crippen molar-refractivity contribution in [2.45, 2.75) is 154 Å². The maximum Gasteiger partial charge on any atom is -0.0233 e. The van der Waals surface area contributed by atoms with Crippen LogP contribution in [0.2, 0.25) is 0 Å². The van der Waals surface area contributed by atoms with Gasteiger partial charge in [-0.15, -0.1) is 0 Å². The van der Waals surface area contributed by atoms with E-state index in [9.17, 15) is 0 Å². The van der Waals surface area contributed by atoms with Crippen molar-refractivity contribution in [3.05, 3.63) is 0 Å². The highest BCUT2D eigenvalue weighted by Gasteiger charge is 2.58. The molecule has 0 amide bonds. The van der Waals surface area contributed by atoms with E-state index in [0.717, 1.165) is 52.8 Å². The lowest BCUT2D eigenvalue weighted by Gasteiger charge is -2.60. The predicted molar refractivity (Wildman–Crippen MR) is 141 cm³/mol.